The van der Waals surface area contributed by atoms with Crippen LogP contribution in [0.15, 0.2) is 60.0 Å². The van der Waals surface area contributed by atoms with E-state index < -0.39 is 0 Å². The van der Waals surface area contributed by atoms with E-state index in [-0.39, 0.29) is 5.91 Å². The van der Waals surface area contributed by atoms with Crippen LogP contribution in [0.5, 0.6) is 0 Å². The maximum absolute atomic E-state index is 11.0. The van der Waals surface area contributed by atoms with Crippen molar-refractivity contribution in [2.75, 3.05) is 11.9 Å². The molecule has 4 nitrogen and oxygen atoms in total. The fourth-order valence-electron chi connectivity index (χ4n) is 2.47. The summed E-state index contributed by atoms with van der Waals surface area (Å²) in [5.41, 5.74) is 4.45. The van der Waals surface area contributed by atoms with Crippen molar-refractivity contribution in [1.29, 1.82) is 0 Å². The number of amides is 1. The molecule has 0 saturated carbocycles. The Morgan fingerprint density at radius 2 is 1.80 bits per heavy atom. The van der Waals surface area contributed by atoms with Crippen LogP contribution in [0.25, 0.3) is 11.3 Å². The molecule has 0 radical (unpaired) electrons. The molecule has 0 aliphatic carbocycles. The first-order valence-corrected chi connectivity index (χ1v) is 9.16. The molecule has 0 unspecified atom stereocenters. The number of anilines is 1. The Morgan fingerprint density at radius 3 is 2.52 bits per heavy atom. The fraction of sp³-hybridized carbons (Fsp3) is 0.200. The molecule has 1 heterocycles. The predicted octanol–water partition coefficient (Wildman–Crippen LogP) is 4.10. The Balaban J connectivity index is 1.54. The van der Waals surface area contributed by atoms with Crippen molar-refractivity contribution in [1.82, 2.24) is 10.3 Å². The molecular formula is C20H21N3OS. The minimum Gasteiger partial charge on any atom is -0.361 e. The number of benzene rings is 2. The highest BCUT2D eigenvalue weighted by molar-refractivity contribution is 7.14. The zero-order chi connectivity index (χ0) is 17.5. The monoisotopic (exact) mass is 351 g/mol. The first-order chi connectivity index (χ1) is 12.2. The number of hydrogen-bond acceptors (Lipinski definition) is 4. The summed E-state index contributed by atoms with van der Waals surface area (Å²) in [6.45, 7) is 2.95. The summed E-state index contributed by atoms with van der Waals surface area (Å²) in [6.07, 6.45) is 0.980. The van der Waals surface area contributed by atoms with Crippen LogP contribution in [0.4, 0.5) is 5.13 Å². The molecule has 0 fully saturated rings. The number of hydrogen-bond donors (Lipinski definition) is 2. The Kier molecular flexibility index (Phi) is 5.80. The van der Waals surface area contributed by atoms with Gasteiger partial charge in [0.15, 0.2) is 5.13 Å². The number of aromatic nitrogens is 1. The summed E-state index contributed by atoms with van der Waals surface area (Å²) in [5, 5.41) is 9.19. The lowest BCUT2D eigenvalue weighted by Crippen LogP contribution is -2.18. The van der Waals surface area contributed by atoms with E-state index in [9.17, 15) is 4.79 Å². The first-order valence-electron chi connectivity index (χ1n) is 8.28. The molecule has 0 spiro atoms. The number of carbonyl (C=O) groups is 1. The summed E-state index contributed by atoms with van der Waals surface area (Å²) in [6, 6.07) is 18.6. The van der Waals surface area contributed by atoms with Gasteiger partial charge in [-0.2, -0.15) is 0 Å². The normalized spacial score (nSPS) is 10.4. The summed E-state index contributed by atoms with van der Waals surface area (Å²) in [7, 11) is 0. The van der Waals surface area contributed by atoms with Crippen LogP contribution in [0.1, 0.15) is 18.1 Å². The van der Waals surface area contributed by atoms with E-state index in [1.54, 1.807) is 11.3 Å². The molecule has 0 atom stereocenters. The van der Waals surface area contributed by atoms with Crippen LogP contribution >= 0.6 is 11.3 Å². The lowest BCUT2D eigenvalue weighted by Gasteiger charge is -2.04. The highest BCUT2D eigenvalue weighted by Gasteiger charge is 2.05. The molecular weight excluding hydrogens is 330 g/mol. The third kappa shape index (κ3) is 5.16. The predicted molar refractivity (Wildman–Crippen MR) is 104 cm³/mol. The van der Waals surface area contributed by atoms with Crippen molar-refractivity contribution in [3.63, 3.8) is 0 Å². The molecule has 25 heavy (non-hydrogen) atoms. The summed E-state index contributed by atoms with van der Waals surface area (Å²) in [5.74, 6) is -0.0187. The van der Waals surface area contributed by atoms with Crippen LogP contribution in [-0.2, 0) is 17.8 Å². The van der Waals surface area contributed by atoms with Gasteiger partial charge in [-0.3, -0.25) is 4.79 Å². The second-order valence-electron chi connectivity index (χ2n) is 5.81. The topological polar surface area (TPSA) is 54.0 Å². The molecule has 128 valence electrons. The quantitative estimate of drug-likeness (QED) is 0.674. The van der Waals surface area contributed by atoms with E-state index in [1.807, 2.05) is 30.3 Å². The third-order valence-corrected chi connectivity index (χ3v) is 4.63. The number of nitrogens with one attached hydrogen (secondary N) is 2. The molecule has 2 N–H and O–H groups in total. The number of nitrogens with zero attached hydrogens (tertiary/aromatic N) is 1. The second-order valence-corrected chi connectivity index (χ2v) is 6.67. The van der Waals surface area contributed by atoms with Crippen molar-refractivity contribution in [3.8, 4) is 11.3 Å². The molecule has 5 heteroatoms. The average Bonchev–Trinajstić information content (AvgIpc) is 3.10. The van der Waals surface area contributed by atoms with Gasteiger partial charge in [-0.05, 0) is 17.5 Å². The van der Waals surface area contributed by atoms with Gasteiger partial charge in [-0.1, -0.05) is 54.6 Å². The minimum absolute atomic E-state index is 0.0187. The van der Waals surface area contributed by atoms with Crippen molar-refractivity contribution in [3.05, 3.63) is 71.1 Å². The maximum Gasteiger partial charge on any atom is 0.217 e. The van der Waals surface area contributed by atoms with E-state index in [1.165, 1.54) is 12.5 Å². The summed E-state index contributed by atoms with van der Waals surface area (Å²) < 4.78 is 0. The van der Waals surface area contributed by atoms with Crippen LogP contribution < -0.4 is 10.6 Å². The van der Waals surface area contributed by atoms with E-state index >= 15 is 0 Å². The zero-order valence-electron chi connectivity index (χ0n) is 14.2. The van der Waals surface area contributed by atoms with E-state index in [0.717, 1.165) is 34.9 Å². The van der Waals surface area contributed by atoms with Gasteiger partial charge in [0.05, 0.1) is 5.69 Å². The molecule has 1 aromatic heterocycles. The van der Waals surface area contributed by atoms with Crippen LogP contribution in [0, 0.1) is 0 Å². The highest BCUT2D eigenvalue weighted by atomic mass is 32.1. The molecule has 2 aromatic carbocycles. The van der Waals surface area contributed by atoms with Gasteiger partial charge < -0.3 is 10.6 Å². The molecule has 1 amide bonds. The van der Waals surface area contributed by atoms with Gasteiger partial charge in [0.2, 0.25) is 5.91 Å². The smallest absolute Gasteiger partial charge is 0.217 e. The summed E-state index contributed by atoms with van der Waals surface area (Å²) >= 11 is 1.62. The van der Waals surface area contributed by atoms with Gasteiger partial charge >= 0.3 is 0 Å². The van der Waals surface area contributed by atoms with Crippen molar-refractivity contribution in [2.45, 2.75) is 19.9 Å². The van der Waals surface area contributed by atoms with Crippen molar-refractivity contribution in [2.24, 2.45) is 0 Å². The van der Waals surface area contributed by atoms with Gasteiger partial charge in [0.25, 0.3) is 0 Å². The largest absolute Gasteiger partial charge is 0.361 e. The third-order valence-electron chi connectivity index (χ3n) is 3.83. The van der Waals surface area contributed by atoms with Gasteiger partial charge in [0.1, 0.15) is 0 Å². The molecule has 0 saturated heterocycles. The lowest BCUT2D eigenvalue weighted by atomic mass is 10.1. The average molecular weight is 351 g/mol. The molecule has 0 aliphatic heterocycles. The molecule has 0 bridgehead atoms. The van der Waals surface area contributed by atoms with Crippen LogP contribution in [0.3, 0.4) is 0 Å². The fourth-order valence-corrected chi connectivity index (χ4v) is 3.21. The Bertz CT molecular complexity index is 812. The van der Waals surface area contributed by atoms with Crippen molar-refractivity contribution < 1.29 is 4.79 Å². The number of thiazole rings is 1. The van der Waals surface area contributed by atoms with Gasteiger partial charge in [-0.25, -0.2) is 4.98 Å². The number of rotatable bonds is 7. The second kappa shape index (κ2) is 8.44. The van der Waals surface area contributed by atoms with E-state index in [0.29, 0.717) is 6.54 Å². The molecule has 3 rings (SSSR count). The van der Waals surface area contributed by atoms with Gasteiger partial charge in [-0.15, -0.1) is 11.3 Å². The maximum atomic E-state index is 11.0. The van der Waals surface area contributed by atoms with Crippen LogP contribution in [-0.4, -0.2) is 17.4 Å². The summed E-state index contributed by atoms with van der Waals surface area (Å²) in [4.78, 5) is 15.6. The molecule has 0 aliphatic rings. The minimum atomic E-state index is -0.0187. The standard InChI is InChI=1S/C20H21N3OS/c1-15(24)22-13-17-7-9-18(10-8-17)19-14-25-20(23-19)21-12-11-16-5-3-2-4-6-16/h2-10,14H,11-13H2,1H3,(H,21,23)(H,22,24). The number of carbonyl (C=O) groups excluding carboxylic acids is 1. The van der Waals surface area contributed by atoms with Gasteiger partial charge in [0, 0.05) is 31.0 Å². The van der Waals surface area contributed by atoms with E-state index in [4.69, 9.17) is 0 Å². The van der Waals surface area contributed by atoms with E-state index in [2.05, 4.69) is 45.3 Å². The highest BCUT2D eigenvalue weighted by Crippen LogP contribution is 2.25. The molecule has 3 aromatic rings. The Labute approximate surface area is 151 Å². The first kappa shape index (κ1) is 17.2. The van der Waals surface area contributed by atoms with Crippen molar-refractivity contribution >= 4 is 22.4 Å². The Hall–Kier alpha value is -2.66. The zero-order valence-corrected chi connectivity index (χ0v) is 15.0. The Morgan fingerprint density at radius 1 is 1.04 bits per heavy atom. The SMILES string of the molecule is CC(=O)NCc1ccc(-c2csc(NCCc3ccccc3)n2)cc1. The van der Waals surface area contributed by atoms with Crippen LogP contribution in [0.2, 0.25) is 0 Å². The lowest BCUT2D eigenvalue weighted by molar-refractivity contribution is -0.119.